The van der Waals surface area contributed by atoms with E-state index in [0.29, 0.717) is 15.5 Å². The molecule has 3 aromatic rings. The van der Waals surface area contributed by atoms with Crippen molar-refractivity contribution in [2.24, 2.45) is 0 Å². The fourth-order valence-electron chi connectivity index (χ4n) is 7.26. The van der Waals surface area contributed by atoms with E-state index in [0.717, 1.165) is 6.92 Å². The number of rotatable bonds is 3. The summed E-state index contributed by atoms with van der Waals surface area (Å²) in [6.07, 6.45) is -5.87. The second kappa shape index (κ2) is 15.0. The van der Waals surface area contributed by atoms with Crippen LogP contribution in [0, 0.1) is 99.0 Å². The molecule has 0 heterocycles. The monoisotopic (exact) mass is 780 g/mol. The van der Waals surface area contributed by atoms with Gasteiger partial charge < -0.3 is 0 Å². The Bertz CT molecular complexity index is 1700. The van der Waals surface area contributed by atoms with Gasteiger partial charge in [0, 0.05) is 7.92 Å². The first-order valence-corrected chi connectivity index (χ1v) is 16.6. The smallest absolute Gasteiger partial charge is 0.200 e. The minimum atomic E-state index is -5.87. The zero-order valence-electron chi connectivity index (χ0n) is 29.5. The minimum Gasteiger partial charge on any atom is -0.292 e. The molecule has 0 N–H and O–H groups in total. The summed E-state index contributed by atoms with van der Waals surface area (Å²) in [4.78, 5) is 0. The van der Waals surface area contributed by atoms with Gasteiger partial charge in [-0.25, -0.2) is 65.9 Å². The lowest BCUT2D eigenvalue weighted by molar-refractivity contribution is 0.380. The van der Waals surface area contributed by atoms with Gasteiger partial charge in [0.25, 0.3) is 0 Å². The molecule has 0 fully saturated rings. The molecule has 0 aliphatic carbocycles. The molecule has 0 unspecified atom stereocenters. The van der Waals surface area contributed by atoms with Crippen LogP contribution >= 0.6 is 7.92 Å². The number of hydrogen-bond donors (Lipinski definition) is 0. The zero-order valence-corrected chi connectivity index (χ0v) is 30.5. The average molecular weight is 780 g/mol. The van der Waals surface area contributed by atoms with Gasteiger partial charge >= 0.3 is 0 Å². The lowest BCUT2D eigenvalue weighted by Gasteiger charge is -2.42. The summed E-state index contributed by atoms with van der Waals surface area (Å²) in [5, 5.41) is 1.46. The van der Waals surface area contributed by atoms with Gasteiger partial charge in [-0.3, -0.25) is 5.82 Å². The van der Waals surface area contributed by atoms with Gasteiger partial charge in [0.1, 0.15) is 34.9 Å². The Morgan fingerprint density at radius 1 is 0.404 bits per heavy atom. The predicted molar refractivity (Wildman–Crippen MR) is 174 cm³/mol. The summed E-state index contributed by atoms with van der Waals surface area (Å²) in [6.45, 7) is 25.5. The Morgan fingerprint density at radius 3 is 0.712 bits per heavy atom. The van der Waals surface area contributed by atoms with Gasteiger partial charge in [0.15, 0.2) is 58.5 Å². The van der Waals surface area contributed by atoms with E-state index >= 15 is 26.3 Å². The number of hydrogen-bond acceptors (Lipinski definition) is 0. The van der Waals surface area contributed by atoms with E-state index in [4.69, 9.17) is 0 Å². The third kappa shape index (κ3) is 7.85. The van der Waals surface area contributed by atoms with Gasteiger partial charge in [-0.15, -0.1) is 22.3 Å². The molecule has 286 valence electrons. The molecule has 52 heavy (non-hydrogen) atoms. The van der Waals surface area contributed by atoms with Crippen LogP contribution in [0.15, 0.2) is 12.2 Å². The van der Waals surface area contributed by atoms with Crippen molar-refractivity contribution in [1.29, 1.82) is 0 Å². The van der Waals surface area contributed by atoms with Gasteiger partial charge in [-0.2, -0.15) is 0 Å². The molecule has 0 spiro atoms. The van der Waals surface area contributed by atoms with Crippen molar-refractivity contribution in [2.75, 3.05) is 0 Å². The third-order valence-electron chi connectivity index (χ3n) is 7.78. The third-order valence-corrected chi connectivity index (χ3v) is 12.3. The molecule has 17 heteroatoms. The van der Waals surface area contributed by atoms with E-state index in [-0.39, 0.29) is 0 Å². The Balaban J connectivity index is 0.000000612. The molecule has 0 amide bonds. The molecule has 0 saturated carbocycles. The van der Waals surface area contributed by atoms with E-state index < -0.39 is 123 Å². The zero-order chi connectivity index (χ0) is 41.0. The largest absolute Gasteiger partial charge is 0.292 e. The minimum absolute atomic E-state index is 0.391. The van der Waals surface area contributed by atoms with Crippen LogP contribution in [0.1, 0.15) is 69.2 Å². The maximum Gasteiger partial charge on any atom is 0.200 e. The van der Waals surface area contributed by atoms with E-state index in [1.54, 1.807) is 5.92 Å². The topological polar surface area (TPSA) is 0 Å². The first-order chi connectivity index (χ1) is 23.3. The molecule has 3 rings (SSSR count). The Kier molecular flexibility index (Phi) is 12.9. The summed E-state index contributed by atoms with van der Waals surface area (Å²) < 4.78 is 217. The van der Waals surface area contributed by atoms with Crippen LogP contribution in [0.3, 0.4) is 0 Å². The SMILES string of the molecule is C=C(C)C#C[B-](c1c(F)c(F)c(F)c(F)c1F)(c1c(F)c(F)c(F)c(F)c1F)c1c(F)c(F)c(F)c(F)c1F.CC(C)(C)[PH+](C(C)(C)C)C(C)(C)C. The van der Waals surface area contributed by atoms with Crippen molar-refractivity contribution in [2.45, 2.75) is 84.7 Å². The first kappa shape index (κ1) is 44.6. The summed E-state index contributed by atoms with van der Waals surface area (Å²) in [5.41, 5.74) is -8.97. The second-order valence-electron chi connectivity index (χ2n) is 15.0. The van der Waals surface area contributed by atoms with Crippen molar-refractivity contribution in [3.63, 3.8) is 0 Å². The predicted octanol–water partition coefficient (Wildman–Crippen LogP) is 9.96. The fourth-order valence-corrected chi connectivity index (χ4v) is 14.0. The molecule has 3 aromatic carbocycles. The summed E-state index contributed by atoms with van der Waals surface area (Å²) >= 11 is 0. The molecule has 0 saturated heterocycles. The van der Waals surface area contributed by atoms with Gasteiger partial charge in [0.05, 0.1) is 15.5 Å². The van der Waals surface area contributed by atoms with Crippen LogP contribution in [0.5, 0.6) is 0 Å². The van der Waals surface area contributed by atoms with Gasteiger partial charge in [-0.05, 0) is 74.8 Å². The Morgan fingerprint density at radius 2 is 0.577 bits per heavy atom. The van der Waals surface area contributed by atoms with Crippen molar-refractivity contribution < 1.29 is 65.9 Å². The van der Waals surface area contributed by atoms with Crippen LogP contribution in [-0.4, -0.2) is 21.6 Å². The van der Waals surface area contributed by atoms with Crippen molar-refractivity contribution >= 4 is 30.5 Å². The standard InChI is InChI=1S/C23H5BF15.C12H27P/c1-5(2)3-4-24(6-9(25)15(31)21(37)16(32)10(6)26,7-11(27)17(33)22(38)18(34)12(7)28)8-13(29)19(35)23(39)20(36)14(8)30;1-10(2,3)13(11(4,5)6)12(7,8)9/h1H2,2H3;1-9H3/q-1;/p+1. The van der Waals surface area contributed by atoms with E-state index in [1.165, 1.54) is 5.82 Å². The maximum absolute atomic E-state index is 15.1. The van der Waals surface area contributed by atoms with Crippen LogP contribution in [0.2, 0.25) is 0 Å². The van der Waals surface area contributed by atoms with Crippen LogP contribution < -0.4 is 16.4 Å². The highest BCUT2D eigenvalue weighted by atomic mass is 31.1. The van der Waals surface area contributed by atoms with Crippen LogP contribution in [0.25, 0.3) is 0 Å². The first-order valence-electron chi connectivity index (χ1n) is 15.1. The van der Waals surface area contributed by atoms with Crippen molar-refractivity contribution in [3.05, 3.63) is 99.4 Å². The summed E-state index contributed by atoms with van der Waals surface area (Å²) in [6, 6.07) is 0. The van der Waals surface area contributed by atoms with E-state index in [2.05, 4.69) is 68.9 Å². The summed E-state index contributed by atoms with van der Waals surface area (Å²) in [7, 11) is -0.391. The molecular formula is C35H33BF15P. The molecule has 0 atom stereocenters. The molecule has 0 bridgehead atoms. The number of benzene rings is 3. The lowest BCUT2D eigenvalue weighted by Crippen LogP contribution is -2.72. The lowest BCUT2D eigenvalue weighted by atomic mass is 9.15. The molecule has 0 aromatic heterocycles. The number of allylic oxidation sites excluding steroid dienone is 1. The normalized spacial score (nSPS) is 12.4. The average Bonchev–Trinajstić information content (AvgIpc) is 2.99. The Hall–Kier alpha value is -3.60. The highest BCUT2D eigenvalue weighted by Gasteiger charge is 2.50. The Labute approximate surface area is 292 Å². The highest BCUT2D eigenvalue weighted by molar-refractivity contribution is 7.62. The van der Waals surface area contributed by atoms with Gasteiger partial charge in [-0.1, -0.05) is 6.58 Å². The highest BCUT2D eigenvalue weighted by Crippen LogP contribution is 2.66. The van der Waals surface area contributed by atoms with E-state index in [1.807, 2.05) is 0 Å². The second-order valence-corrected chi connectivity index (χ2v) is 20.2. The number of halogens is 15. The fraction of sp³-hybridized carbons (Fsp3) is 0.371. The van der Waals surface area contributed by atoms with Crippen LogP contribution in [-0.2, 0) is 0 Å². The molecular weight excluding hydrogens is 747 g/mol. The van der Waals surface area contributed by atoms with Gasteiger partial charge in [0.2, 0.25) is 0 Å². The maximum atomic E-state index is 15.1. The van der Waals surface area contributed by atoms with Crippen molar-refractivity contribution in [1.82, 2.24) is 0 Å². The van der Waals surface area contributed by atoms with Crippen LogP contribution in [0.4, 0.5) is 65.9 Å². The molecule has 0 aliphatic heterocycles. The molecule has 0 aliphatic rings. The molecule has 0 nitrogen and oxygen atoms in total. The quantitative estimate of drug-likeness (QED) is 0.0621. The molecule has 0 radical (unpaired) electrons. The van der Waals surface area contributed by atoms with E-state index in [9.17, 15) is 39.5 Å². The van der Waals surface area contributed by atoms with Crippen molar-refractivity contribution in [3.8, 4) is 11.7 Å². The summed E-state index contributed by atoms with van der Waals surface area (Å²) in [5.74, 6) is -43.4.